The van der Waals surface area contributed by atoms with Crippen molar-refractivity contribution >= 4 is 11.8 Å². The van der Waals surface area contributed by atoms with Crippen LogP contribution >= 0.6 is 0 Å². The Kier molecular flexibility index (Phi) is 1.37. The molecule has 1 aliphatic carbocycles. The summed E-state index contributed by atoms with van der Waals surface area (Å²) >= 11 is 0. The maximum Gasteiger partial charge on any atom is 0.233 e. The standard InChI is InChI=1S/C9H11NO2/c1-9-5-3-2-4-6(9)7(11)10-8(9)12/h2-3,6H,4-5H2,1H3,(H,10,11,12). The average molecular weight is 165 g/mol. The summed E-state index contributed by atoms with van der Waals surface area (Å²) < 4.78 is 0. The van der Waals surface area contributed by atoms with Gasteiger partial charge < -0.3 is 0 Å². The number of imide groups is 1. The van der Waals surface area contributed by atoms with Gasteiger partial charge in [0.25, 0.3) is 0 Å². The van der Waals surface area contributed by atoms with Gasteiger partial charge in [-0.2, -0.15) is 0 Å². The van der Waals surface area contributed by atoms with Gasteiger partial charge in [0.05, 0.1) is 11.3 Å². The summed E-state index contributed by atoms with van der Waals surface area (Å²) in [5, 5.41) is 2.38. The number of carbonyl (C=O) groups is 2. The molecule has 3 heteroatoms. The van der Waals surface area contributed by atoms with Crippen LogP contribution in [0.5, 0.6) is 0 Å². The molecule has 0 aromatic carbocycles. The fourth-order valence-corrected chi connectivity index (χ4v) is 1.95. The lowest BCUT2D eigenvalue weighted by Gasteiger charge is -2.27. The van der Waals surface area contributed by atoms with Crippen LogP contribution in [-0.2, 0) is 9.59 Å². The highest BCUT2D eigenvalue weighted by atomic mass is 16.2. The van der Waals surface area contributed by atoms with E-state index in [0.717, 1.165) is 0 Å². The van der Waals surface area contributed by atoms with Gasteiger partial charge in [-0.25, -0.2) is 0 Å². The van der Waals surface area contributed by atoms with Crippen LogP contribution in [0.4, 0.5) is 0 Å². The van der Waals surface area contributed by atoms with Crippen molar-refractivity contribution in [2.45, 2.75) is 19.8 Å². The van der Waals surface area contributed by atoms with E-state index in [-0.39, 0.29) is 17.7 Å². The zero-order valence-corrected chi connectivity index (χ0v) is 6.96. The zero-order chi connectivity index (χ0) is 8.77. The summed E-state index contributed by atoms with van der Waals surface area (Å²) in [5.74, 6) is -0.344. The fraction of sp³-hybridized carbons (Fsp3) is 0.556. The maximum atomic E-state index is 11.4. The van der Waals surface area contributed by atoms with Crippen LogP contribution in [0.1, 0.15) is 19.8 Å². The highest BCUT2D eigenvalue weighted by molar-refractivity contribution is 6.07. The molecule has 2 rings (SSSR count). The second-order valence-electron chi connectivity index (χ2n) is 3.70. The zero-order valence-electron chi connectivity index (χ0n) is 6.96. The van der Waals surface area contributed by atoms with Crippen molar-refractivity contribution in [3.8, 4) is 0 Å². The Hall–Kier alpha value is -1.12. The minimum atomic E-state index is -0.466. The third-order valence-corrected chi connectivity index (χ3v) is 2.92. The Morgan fingerprint density at radius 3 is 2.92 bits per heavy atom. The second kappa shape index (κ2) is 2.19. The summed E-state index contributed by atoms with van der Waals surface area (Å²) in [5.41, 5.74) is -0.466. The first-order valence-corrected chi connectivity index (χ1v) is 4.15. The van der Waals surface area contributed by atoms with Crippen LogP contribution in [-0.4, -0.2) is 11.8 Å². The van der Waals surface area contributed by atoms with Gasteiger partial charge in [-0.05, 0) is 19.8 Å². The molecule has 0 aromatic heterocycles. The fourth-order valence-electron chi connectivity index (χ4n) is 1.95. The summed E-state index contributed by atoms with van der Waals surface area (Å²) in [6.07, 6.45) is 5.35. The quantitative estimate of drug-likeness (QED) is 0.422. The van der Waals surface area contributed by atoms with Crippen molar-refractivity contribution in [2.24, 2.45) is 11.3 Å². The van der Waals surface area contributed by atoms with Gasteiger partial charge in [0.1, 0.15) is 0 Å². The normalized spacial score (nSPS) is 39.6. The smallest absolute Gasteiger partial charge is 0.233 e. The van der Waals surface area contributed by atoms with E-state index in [1.807, 2.05) is 19.1 Å². The number of allylic oxidation sites excluding steroid dienone is 2. The summed E-state index contributed by atoms with van der Waals surface area (Å²) in [6, 6.07) is 0. The summed E-state index contributed by atoms with van der Waals surface area (Å²) in [4.78, 5) is 22.6. The first-order valence-electron chi connectivity index (χ1n) is 4.15. The lowest BCUT2D eigenvalue weighted by atomic mass is 9.72. The van der Waals surface area contributed by atoms with Gasteiger partial charge in [-0.1, -0.05) is 12.2 Å². The third kappa shape index (κ3) is 0.763. The van der Waals surface area contributed by atoms with Crippen LogP contribution in [0, 0.1) is 11.3 Å². The molecule has 1 fully saturated rings. The second-order valence-corrected chi connectivity index (χ2v) is 3.70. The van der Waals surface area contributed by atoms with Gasteiger partial charge >= 0.3 is 0 Å². The Labute approximate surface area is 70.8 Å². The van der Waals surface area contributed by atoms with Crippen LogP contribution in [0.2, 0.25) is 0 Å². The van der Waals surface area contributed by atoms with E-state index in [1.54, 1.807) is 0 Å². The number of hydrogen-bond donors (Lipinski definition) is 1. The molecule has 12 heavy (non-hydrogen) atoms. The van der Waals surface area contributed by atoms with E-state index in [2.05, 4.69) is 5.32 Å². The molecule has 0 radical (unpaired) electrons. The molecular weight excluding hydrogens is 154 g/mol. The molecule has 2 atom stereocenters. The Morgan fingerprint density at radius 1 is 1.50 bits per heavy atom. The van der Waals surface area contributed by atoms with Crippen LogP contribution in [0.15, 0.2) is 12.2 Å². The van der Waals surface area contributed by atoms with Gasteiger partial charge in [0.2, 0.25) is 11.8 Å². The first-order chi connectivity index (χ1) is 5.64. The molecule has 1 heterocycles. The van der Waals surface area contributed by atoms with Crippen molar-refractivity contribution in [2.75, 3.05) is 0 Å². The lowest BCUT2D eigenvalue weighted by Crippen LogP contribution is -2.32. The van der Waals surface area contributed by atoms with Crippen molar-refractivity contribution < 1.29 is 9.59 Å². The van der Waals surface area contributed by atoms with E-state index in [1.165, 1.54) is 0 Å². The maximum absolute atomic E-state index is 11.4. The molecule has 64 valence electrons. The average Bonchev–Trinajstić information content (AvgIpc) is 2.25. The molecular formula is C9H11NO2. The SMILES string of the molecule is CC12CC=CCC1C(=O)NC2=O. The molecule has 2 unspecified atom stereocenters. The summed E-state index contributed by atoms with van der Waals surface area (Å²) in [6.45, 7) is 1.86. The largest absolute Gasteiger partial charge is 0.296 e. The van der Waals surface area contributed by atoms with E-state index >= 15 is 0 Å². The minimum absolute atomic E-state index is 0.105. The van der Waals surface area contributed by atoms with Gasteiger partial charge in [0, 0.05) is 0 Å². The number of nitrogens with one attached hydrogen (secondary N) is 1. The highest BCUT2D eigenvalue weighted by Gasteiger charge is 2.51. The van der Waals surface area contributed by atoms with E-state index in [4.69, 9.17) is 0 Å². The van der Waals surface area contributed by atoms with E-state index in [0.29, 0.717) is 12.8 Å². The number of amides is 2. The number of fused-ring (bicyclic) bond motifs is 1. The van der Waals surface area contributed by atoms with E-state index < -0.39 is 5.41 Å². The van der Waals surface area contributed by atoms with Crippen molar-refractivity contribution in [3.63, 3.8) is 0 Å². The topological polar surface area (TPSA) is 46.2 Å². The Bertz CT molecular complexity index is 282. The molecule has 2 aliphatic rings. The molecule has 1 saturated heterocycles. The monoisotopic (exact) mass is 165 g/mol. The van der Waals surface area contributed by atoms with Crippen molar-refractivity contribution in [1.29, 1.82) is 0 Å². The molecule has 0 aromatic rings. The van der Waals surface area contributed by atoms with Gasteiger partial charge in [-0.15, -0.1) is 0 Å². The number of rotatable bonds is 0. The molecule has 2 amide bonds. The molecule has 3 nitrogen and oxygen atoms in total. The minimum Gasteiger partial charge on any atom is -0.296 e. The molecule has 1 aliphatic heterocycles. The lowest BCUT2D eigenvalue weighted by molar-refractivity contribution is -0.128. The van der Waals surface area contributed by atoms with Crippen molar-refractivity contribution in [3.05, 3.63) is 12.2 Å². The van der Waals surface area contributed by atoms with Crippen LogP contribution in [0.3, 0.4) is 0 Å². The third-order valence-electron chi connectivity index (χ3n) is 2.92. The molecule has 0 saturated carbocycles. The molecule has 0 bridgehead atoms. The number of hydrogen-bond acceptors (Lipinski definition) is 2. The van der Waals surface area contributed by atoms with Gasteiger partial charge in [0.15, 0.2) is 0 Å². The number of carbonyl (C=O) groups excluding carboxylic acids is 2. The molecule has 0 spiro atoms. The molecule has 1 N–H and O–H groups in total. The van der Waals surface area contributed by atoms with Crippen molar-refractivity contribution in [1.82, 2.24) is 5.32 Å². The van der Waals surface area contributed by atoms with E-state index in [9.17, 15) is 9.59 Å². The summed E-state index contributed by atoms with van der Waals surface area (Å²) in [7, 11) is 0. The Balaban J connectivity index is 2.41. The predicted molar refractivity (Wildman–Crippen MR) is 43.1 cm³/mol. The highest BCUT2D eigenvalue weighted by Crippen LogP contribution is 2.41. The van der Waals surface area contributed by atoms with Gasteiger partial charge in [-0.3, -0.25) is 14.9 Å². The Morgan fingerprint density at radius 2 is 2.25 bits per heavy atom. The van der Waals surface area contributed by atoms with Crippen LogP contribution in [0.25, 0.3) is 0 Å². The predicted octanol–water partition coefficient (Wildman–Crippen LogP) is 0.615. The van der Waals surface area contributed by atoms with Crippen LogP contribution < -0.4 is 5.32 Å². The first kappa shape index (κ1) is 7.53.